The number of furan rings is 1. The second-order valence-corrected chi connectivity index (χ2v) is 4.40. The molecule has 5 nitrogen and oxygen atoms in total. The van der Waals surface area contributed by atoms with E-state index in [0.717, 1.165) is 22.2 Å². The Morgan fingerprint density at radius 3 is 2.95 bits per heavy atom. The third-order valence-corrected chi connectivity index (χ3v) is 3.02. The first-order valence-corrected chi connectivity index (χ1v) is 6.24. The van der Waals surface area contributed by atoms with Crippen LogP contribution < -0.4 is 0 Å². The third-order valence-electron chi connectivity index (χ3n) is 3.02. The Bertz CT molecular complexity index is 764. The second-order valence-electron chi connectivity index (χ2n) is 4.40. The van der Waals surface area contributed by atoms with Gasteiger partial charge in [-0.3, -0.25) is 4.79 Å². The predicted molar refractivity (Wildman–Crippen MR) is 73.2 cm³/mol. The summed E-state index contributed by atoms with van der Waals surface area (Å²) in [5.74, 6) is -0.331. The molecule has 3 rings (SSSR count). The molecule has 3 aromatic rings. The highest BCUT2D eigenvalue weighted by Gasteiger charge is 2.10. The molecule has 0 spiro atoms. The van der Waals surface area contributed by atoms with E-state index < -0.39 is 5.97 Å². The summed E-state index contributed by atoms with van der Waals surface area (Å²) in [6.45, 7) is 0. The molecule has 0 atom stereocenters. The fourth-order valence-electron chi connectivity index (χ4n) is 2.06. The minimum Gasteiger partial charge on any atom is -0.481 e. The highest BCUT2D eigenvalue weighted by molar-refractivity contribution is 5.92. The number of aliphatic carboxylic acids is 1. The molecule has 100 valence electrons. The topological polar surface area (TPSA) is 76.2 Å². The van der Waals surface area contributed by atoms with Crippen molar-refractivity contribution in [3.8, 4) is 11.3 Å². The normalized spacial score (nSPS) is 10.8. The van der Waals surface area contributed by atoms with Crippen LogP contribution >= 0.6 is 0 Å². The number of nitrogens with zero attached hydrogens (tertiary/aromatic N) is 2. The summed E-state index contributed by atoms with van der Waals surface area (Å²) in [5.41, 5.74) is 2.43. The Morgan fingerprint density at radius 2 is 2.10 bits per heavy atom. The van der Waals surface area contributed by atoms with Gasteiger partial charge in [-0.1, -0.05) is 18.2 Å². The fraction of sp³-hybridized carbons (Fsp3) is 0.133. The number of hydrogen-bond donors (Lipinski definition) is 1. The Kier molecular flexibility index (Phi) is 3.16. The number of aromatic nitrogens is 2. The van der Waals surface area contributed by atoms with E-state index in [0.29, 0.717) is 12.2 Å². The number of aryl methyl sites for hydroxylation is 1. The van der Waals surface area contributed by atoms with Gasteiger partial charge in [-0.25, -0.2) is 9.97 Å². The molecule has 20 heavy (non-hydrogen) atoms. The third kappa shape index (κ3) is 2.38. The molecule has 0 aliphatic rings. The molecule has 5 heteroatoms. The Morgan fingerprint density at radius 1 is 1.25 bits per heavy atom. The number of carboxylic acids is 1. The van der Waals surface area contributed by atoms with E-state index in [4.69, 9.17) is 9.52 Å². The summed E-state index contributed by atoms with van der Waals surface area (Å²) in [6, 6.07) is 9.50. The van der Waals surface area contributed by atoms with E-state index in [-0.39, 0.29) is 6.42 Å². The van der Waals surface area contributed by atoms with E-state index in [1.165, 1.54) is 0 Å². The molecule has 0 fully saturated rings. The van der Waals surface area contributed by atoms with Crippen LogP contribution in [0.1, 0.15) is 12.2 Å². The monoisotopic (exact) mass is 268 g/mol. The SMILES string of the molecule is O=C(O)CCc1nccc(-c2coc3ccccc23)n1. The first-order chi connectivity index (χ1) is 9.74. The first-order valence-electron chi connectivity index (χ1n) is 6.24. The van der Waals surface area contributed by atoms with Crippen LogP contribution in [0.3, 0.4) is 0 Å². The second kappa shape index (κ2) is 5.13. The summed E-state index contributed by atoms with van der Waals surface area (Å²) in [6.07, 6.45) is 3.64. The largest absolute Gasteiger partial charge is 0.481 e. The van der Waals surface area contributed by atoms with E-state index in [2.05, 4.69) is 9.97 Å². The van der Waals surface area contributed by atoms with Gasteiger partial charge in [0.1, 0.15) is 17.7 Å². The molecule has 0 radical (unpaired) electrons. The van der Waals surface area contributed by atoms with Gasteiger partial charge in [-0.05, 0) is 12.1 Å². The molecule has 0 aliphatic heterocycles. The van der Waals surface area contributed by atoms with Gasteiger partial charge in [0.15, 0.2) is 0 Å². The van der Waals surface area contributed by atoms with E-state index >= 15 is 0 Å². The molecule has 0 aliphatic carbocycles. The molecule has 0 saturated heterocycles. The highest BCUT2D eigenvalue weighted by Crippen LogP contribution is 2.28. The van der Waals surface area contributed by atoms with E-state index in [9.17, 15) is 4.79 Å². The van der Waals surface area contributed by atoms with Crippen LogP contribution in [-0.2, 0) is 11.2 Å². The lowest BCUT2D eigenvalue weighted by Gasteiger charge is -2.01. The quantitative estimate of drug-likeness (QED) is 0.787. The lowest BCUT2D eigenvalue weighted by atomic mass is 10.1. The predicted octanol–water partition coefficient (Wildman–Crippen LogP) is 2.91. The van der Waals surface area contributed by atoms with Crippen molar-refractivity contribution in [1.82, 2.24) is 9.97 Å². The fourth-order valence-corrected chi connectivity index (χ4v) is 2.06. The van der Waals surface area contributed by atoms with Gasteiger partial charge in [-0.15, -0.1) is 0 Å². The van der Waals surface area contributed by atoms with Gasteiger partial charge in [0, 0.05) is 23.6 Å². The van der Waals surface area contributed by atoms with E-state index in [1.807, 2.05) is 24.3 Å². The van der Waals surface area contributed by atoms with Crippen molar-refractivity contribution in [2.75, 3.05) is 0 Å². The standard InChI is InChI=1S/C15H12N2O3/c18-15(19)6-5-14-16-8-7-12(17-14)11-9-20-13-4-2-1-3-10(11)13/h1-4,7-9H,5-6H2,(H,18,19). The lowest BCUT2D eigenvalue weighted by Crippen LogP contribution is -2.01. The highest BCUT2D eigenvalue weighted by atomic mass is 16.4. The maximum absolute atomic E-state index is 10.6. The van der Waals surface area contributed by atoms with Crippen LogP contribution in [0.5, 0.6) is 0 Å². The van der Waals surface area contributed by atoms with Crippen molar-refractivity contribution in [2.45, 2.75) is 12.8 Å². The van der Waals surface area contributed by atoms with Gasteiger partial charge >= 0.3 is 5.97 Å². The van der Waals surface area contributed by atoms with Crippen molar-refractivity contribution in [1.29, 1.82) is 0 Å². The van der Waals surface area contributed by atoms with Crippen LogP contribution in [0, 0.1) is 0 Å². The maximum Gasteiger partial charge on any atom is 0.303 e. The summed E-state index contributed by atoms with van der Waals surface area (Å²) in [7, 11) is 0. The summed E-state index contributed by atoms with van der Waals surface area (Å²) < 4.78 is 5.49. The number of carbonyl (C=O) groups is 1. The molecule has 0 amide bonds. The molecule has 0 unspecified atom stereocenters. The van der Waals surface area contributed by atoms with Crippen LogP contribution in [0.25, 0.3) is 22.2 Å². The lowest BCUT2D eigenvalue weighted by molar-refractivity contribution is -0.137. The zero-order chi connectivity index (χ0) is 13.9. The van der Waals surface area contributed by atoms with Crippen molar-refractivity contribution in [2.24, 2.45) is 0 Å². The minimum absolute atomic E-state index is 0.0234. The van der Waals surface area contributed by atoms with E-state index in [1.54, 1.807) is 18.5 Å². The number of fused-ring (bicyclic) bond motifs is 1. The molecule has 0 bridgehead atoms. The zero-order valence-electron chi connectivity index (χ0n) is 10.6. The molecule has 0 saturated carbocycles. The van der Waals surface area contributed by atoms with Crippen LogP contribution in [0.15, 0.2) is 47.2 Å². The zero-order valence-corrected chi connectivity index (χ0v) is 10.6. The molecule has 2 aromatic heterocycles. The van der Waals surface area contributed by atoms with Crippen LogP contribution in [0.4, 0.5) is 0 Å². The van der Waals surface area contributed by atoms with Crippen molar-refractivity contribution in [3.63, 3.8) is 0 Å². The summed E-state index contributed by atoms with van der Waals surface area (Å²) >= 11 is 0. The van der Waals surface area contributed by atoms with Gasteiger partial charge in [-0.2, -0.15) is 0 Å². The molecule has 1 aromatic carbocycles. The molecular formula is C15H12N2O3. The van der Waals surface area contributed by atoms with Crippen molar-refractivity contribution >= 4 is 16.9 Å². The average Bonchev–Trinajstić information content (AvgIpc) is 2.89. The Labute approximate surface area is 114 Å². The summed E-state index contributed by atoms with van der Waals surface area (Å²) in [4.78, 5) is 19.1. The molecular weight excluding hydrogens is 256 g/mol. The van der Waals surface area contributed by atoms with Crippen molar-refractivity contribution in [3.05, 3.63) is 48.6 Å². The van der Waals surface area contributed by atoms with Crippen molar-refractivity contribution < 1.29 is 14.3 Å². The molecule has 1 N–H and O–H groups in total. The average molecular weight is 268 g/mol. The Balaban J connectivity index is 1.97. The van der Waals surface area contributed by atoms with Crippen LogP contribution in [-0.4, -0.2) is 21.0 Å². The smallest absolute Gasteiger partial charge is 0.303 e. The first kappa shape index (κ1) is 12.3. The molecule has 2 heterocycles. The minimum atomic E-state index is -0.854. The number of carboxylic acid groups (broad SMARTS) is 1. The van der Waals surface area contributed by atoms with Gasteiger partial charge < -0.3 is 9.52 Å². The number of benzene rings is 1. The summed E-state index contributed by atoms with van der Waals surface area (Å²) in [5, 5.41) is 9.68. The Hall–Kier alpha value is -2.69. The maximum atomic E-state index is 10.6. The number of hydrogen-bond acceptors (Lipinski definition) is 4. The van der Waals surface area contributed by atoms with Crippen LogP contribution in [0.2, 0.25) is 0 Å². The van der Waals surface area contributed by atoms with Gasteiger partial charge in [0.2, 0.25) is 0 Å². The van der Waals surface area contributed by atoms with Gasteiger partial charge in [0.25, 0.3) is 0 Å². The number of rotatable bonds is 4. The van der Waals surface area contributed by atoms with Gasteiger partial charge in [0.05, 0.1) is 12.1 Å². The number of para-hydroxylation sites is 1.